The first-order valence-corrected chi connectivity index (χ1v) is 5.80. The van der Waals surface area contributed by atoms with Gasteiger partial charge in [0.25, 0.3) is 0 Å². The van der Waals surface area contributed by atoms with E-state index in [0.717, 1.165) is 9.15 Å². The Morgan fingerprint density at radius 3 is 2.39 bits per heavy atom. The van der Waals surface area contributed by atoms with Gasteiger partial charge in [0.15, 0.2) is 0 Å². The van der Waals surface area contributed by atoms with Gasteiger partial charge in [0.2, 0.25) is 0 Å². The number of alkyl halides is 3. The lowest BCUT2D eigenvalue weighted by Gasteiger charge is -2.07. The summed E-state index contributed by atoms with van der Waals surface area (Å²) < 4.78 is 38.4. The molecule has 18 heavy (non-hydrogen) atoms. The van der Waals surface area contributed by atoms with E-state index < -0.39 is 12.7 Å². The molecule has 0 aliphatic carbocycles. The van der Waals surface area contributed by atoms with Gasteiger partial charge in [0, 0.05) is 16.1 Å². The number of nitrogens with two attached hydrogens (primary N) is 1. The van der Waals surface area contributed by atoms with Crippen LogP contribution in [0.15, 0.2) is 34.8 Å². The Hall–Kier alpha value is -1.50. The van der Waals surface area contributed by atoms with Gasteiger partial charge in [-0.2, -0.15) is 18.3 Å². The van der Waals surface area contributed by atoms with Crippen LogP contribution in [0.5, 0.6) is 0 Å². The molecule has 0 aliphatic heterocycles. The van der Waals surface area contributed by atoms with Crippen LogP contribution in [-0.4, -0.2) is 16.0 Å². The van der Waals surface area contributed by atoms with Crippen molar-refractivity contribution >= 4 is 21.7 Å². The number of benzene rings is 1. The second-order valence-electron chi connectivity index (χ2n) is 3.73. The van der Waals surface area contributed by atoms with Crippen molar-refractivity contribution in [3.05, 3.63) is 34.8 Å². The van der Waals surface area contributed by atoms with Crippen molar-refractivity contribution < 1.29 is 13.2 Å². The molecule has 1 aromatic carbocycles. The van der Waals surface area contributed by atoms with Gasteiger partial charge >= 0.3 is 6.18 Å². The molecule has 3 nitrogen and oxygen atoms in total. The monoisotopic (exact) mass is 319 g/mol. The molecular formula is C11H9BrF3N3. The SMILES string of the molecule is Nc1cc(-c2ccc(Br)cc2)nn1CC(F)(F)F. The zero-order valence-electron chi connectivity index (χ0n) is 9.08. The summed E-state index contributed by atoms with van der Waals surface area (Å²) in [6.07, 6.45) is -4.34. The first-order valence-electron chi connectivity index (χ1n) is 5.01. The molecule has 1 aromatic heterocycles. The van der Waals surface area contributed by atoms with E-state index in [2.05, 4.69) is 21.0 Å². The van der Waals surface area contributed by atoms with Crippen molar-refractivity contribution in [3.8, 4) is 11.3 Å². The van der Waals surface area contributed by atoms with Crippen molar-refractivity contribution in [1.29, 1.82) is 0 Å². The Morgan fingerprint density at radius 1 is 1.22 bits per heavy atom. The summed E-state index contributed by atoms with van der Waals surface area (Å²) in [6.45, 7) is -1.19. The van der Waals surface area contributed by atoms with Crippen molar-refractivity contribution in [2.75, 3.05) is 5.73 Å². The average Bonchev–Trinajstić information content (AvgIpc) is 2.59. The van der Waals surface area contributed by atoms with E-state index in [9.17, 15) is 13.2 Å². The van der Waals surface area contributed by atoms with Crippen LogP contribution in [0.25, 0.3) is 11.3 Å². The molecule has 0 unspecified atom stereocenters. The van der Waals surface area contributed by atoms with E-state index in [1.54, 1.807) is 24.3 Å². The first-order chi connectivity index (χ1) is 8.35. The molecule has 0 radical (unpaired) electrons. The van der Waals surface area contributed by atoms with Crippen LogP contribution in [0.1, 0.15) is 0 Å². The van der Waals surface area contributed by atoms with Gasteiger partial charge in [-0.1, -0.05) is 28.1 Å². The summed E-state index contributed by atoms with van der Waals surface area (Å²) in [7, 11) is 0. The zero-order chi connectivity index (χ0) is 13.3. The van der Waals surface area contributed by atoms with Crippen LogP contribution in [0.3, 0.4) is 0 Å². The summed E-state index contributed by atoms with van der Waals surface area (Å²) >= 11 is 3.28. The van der Waals surface area contributed by atoms with Crippen LogP contribution >= 0.6 is 15.9 Å². The van der Waals surface area contributed by atoms with Gasteiger partial charge in [0.05, 0.1) is 5.69 Å². The largest absolute Gasteiger partial charge is 0.408 e. The summed E-state index contributed by atoms with van der Waals surface area (Å²) in [5.74, 6) is -0.00903. The van der Waals surface area contributed by atoms with Crippen molar-refractivity contribution in [1.82, 2.24) is 9.78 Å². The molecule has 0 aliphatic rings. The molecule has 1 heterocycles. The number of anilines is 1. The normalized spacial score (nSPS) is 11.8. The highest BCUT2D eigenvalue weighted by atomic mass is 79.9. The number of rotatable bonds is 2. The van der Waals surface area contributed by atoms with Crippen molar-refractivity contribution in [2.45, 2.75) is 12.7 Å². The van der Waals surface area contributed by atoms with Crippen LogP contribution in [0, 0.1) is 0 Å². The lowest BCUT2D eigenvalue weighted by molar-refractivity contribution is -0.142. The average molecular weight is 320 g/mol. The van der Waals surface area contributed by atoms with E-state index >= 15 is 0 Å². The van der Waals surface area contributed by atoms with Gasteiger partial charge in [0.1, 0.15) is 12.4 Å². The lowest BCUT2D eigenvalue weighted by Crippen LogP contribution is -2.19. The number of hydrogen-bond acceptors (Lipinski definition) is 2. The van der Waals surface area contributed by atoms with E-state index in [4.69, 9.17) is 5.73 Å². The van der Waals surface area contributed by atoms with Gasteiger partial charge in [-0.3, -0.25) is 0 Å². The van der Waals surface area contributed by atoms with E-state index in [0.29, 0.717) is 11.3 Å². The molecule has 0 amide bonds. The Labute approximate surface area is 110 Å². The zero-order valence-corrected chi connectivity index (χ0v) is 10.7. The highest BCUT2D eigenvalue weighted by Crippen LogP contribution is 2.25. The quantitative estimate of drug-likeness (QED) is 0.921. The minimum atomic E-state index is -4.34. The Morgan fingerprint density at radius 2 is 1.83 bits per heavy atom. The Balaban J connectivity index is 2.31. The molecule has 0 saturated heterocycles. The topological polar surface area (TPSA) is 43.8 Å². The maximum atomic E-state index is 12.3. The molecule has 2 aromatic rings. The summed E-state index contributed by atoms with van der Waals surface area (Å²) in [6, 6.07) is 8.51. The summed E-state index contributed by atoms with van der Waals surface area (Å²) in [5.41, 5.74) is 6.64. The fraction of sp³-hybridized carbons (Fsp3) is 0.182. The van der Waals surface area contributed by atoms with Gasteiger partial charge in [-0.15, -0.1) is 0 Å². The van der Waals surface area contributed by atoms with E-state index in [-0.39, 0.29) is 5.82 Å². The second-order valence-corrected chi connectivity index (χ2v) is 4.65. The Bertz CT molecular complexity index is 546. The van der Waals surface area contributed by atoms with Gasteiger partial charge in [-0.05, 0) is 12.1 Å². The highest BCUT2D eigenvalue weighted by Gasteiger charge is 2.29. The van der Waals surface area contributed by atoms with E-state index in [1.165, 1.54) is 6.07 Å². The molecule has 0 fully saturated rings. The lowest BCUT2D eigenvalue weighted by atomic mass is 10.2. The maximum Gasteiger partial charge on any atom is 0.408 e. The minimum Gasteiger partial charge on any atom is -0.384 e. The highest BCUT2D eigenvalue weighted by molar-refractivity contribution is 9.10. The minimum absolute atomic E-state index is 0.00903. The molecule has 0 saturated carbocycles. The van der Waals surface area contributed by atoms with Crippen LogP contribution < -0.4 is 5.73 Å². The fourth-order valence-electron chi connectivity index (χ4n) is 1.49. The van der Waals surface area contributed by atoms with Crippen LogP contribution in [0.4, 0.5) is 19.0 Å². The molecule has 96 valence electrons. The number of hydrogen-bond donors (Lipinski definition) is 1. The van der Waals surface area contributed by atoms with Gasteiger partial charge < -0.3 is 5.73 Å². The standard InChI is InChI=1S/C11H9BrF3N3/c12-8-3-1-7(2-4-8)9-5-10(16)18(17-9)6-11(13,14)15/h1-5H,6,16H2. The third-order valence-electron chi connectivity index (χ3n) is 2.28. The number of aromatic nitrogens is 2. The predicted molar refractivity (Wildman–Crippen MR) is 65.8 cm³/mol. The van der Waals surface area contributed by atoms with Gasteiger partial charge in [-0.25, -0.2) is 4.68 Å². The molecule has 0 atom stereocenters. The third-order valence-corrected chi connectivity index (χ3v) is 2.81. The number of nitrogen functional groups attached to an aromatic ring is 1. The van der Waals surface area contributed by atoms with Crippen LogP contribution in [-0.2, 0) is 6.54 Å². The molecule has 2 rings (SSSR count). The fourth-order valence-corrected chi connectivity index (χ4v) is 1.75. The molecule has 0 bridgehead atoms. The van der Waals surface area contributed by atoms with E-state index in [1.807, 2.05) is 0 Å². The summed E-state index contributed by atoms with van der Waals surface area (Å²) in [5, 5.41) is 3.85. The summed E-state index contributed by atoms with van der Waals surface area (Å²) in [4.78, 5) is 0. The molecular weight excluding hydrogens is 311 g/mol. The Kier molecular flexibility index (Phi) is 3.34. The first kappa shape index (κ1) is 12.9. The number of nitrogens with zero attached hydrogens (tertiary/aromatic N) is 2. The molecule has 7 heteroatoms. The van der Waals surface area contributed by atoms with Crippen molar-refractivity contribution in [3.63, 3.8) is 0 Å². The number of halogens is 4. The second kappa shape index (κ2) is 4.64. The third kappa shape index (κ3) is 3.04. The smallest absolute Gasteiger partial charge is 0.384 e. The van der Waals surface area contributed by atoms with Crippen LogP contribution in [0.2, 0.25) is 0 Å². The maximum absolute atomic E-state index is 12.3. The predicted octanol–water partition coefficient (Wildman–Crippen LogP) is 3.46. The molecule has 2 N–H and O–H groups in total. The molecule has 0 spiro atoms. The van der Waals surface area contributed by atoms with Crippen molar-refractivity contribution in [2.24, 2.45) is 0 Å².